The maximum Gasteiger partial charge on any atom is 0.123 e. The maximum absolute atomic E-state index is 10.4. The Kier molecular flexibility index (Phi) is 3.01. The summed E-state index contributed by atoms with van der Waals surface area (Å²) in [5.41, 5.74) is 1.85. The third-order valence-corrected chi connectivity index (χ3v) is 6.76. The SMILES string of the molecule is C[C@]12CC[C@@H]3c4c(O)cc(O)cc4CC[C@@H]3[C@@H]1C[C@H](O)[C@H]2O. The lowest BCUT2D eigenvalue weighted by molar-refractivity contribution is -0.0507. The van der Waals surface area contributed by atoms with Gasteiger partial charge in [0.1, 0.15) is 11.5 Å². The van der Waals surface area contributed by atoms with Crippen molar-refractivity contribution >= 4 is 0 Å². The van der Waals surface area contributed by atoms with Crippen molar-refractivity contribution in [2.45, 2.75) is 57.2 Å². The zero-order valence-electron chi connectivity index (χ0n) is 12.9. The standard InChI is InChI=1S/C18H24O4/c1-18-5-4-12-11(13(18)8-15(21)17(18)22)3-2-9-6-10(19)7-14(20)16(9)12/h6-7,11-13,15,17,19-22H,2-5,8H2,1H3/t11-,12-,13-,15-,17+,18-/m0/s1. The van der Waals surface area contributed by atoms with E-state index in [0.717, 1.165) is 36.8 Å². The van der Waals surface area contributed by atoms with Crippen LogP contribution in [0, 0.1) is 17.3 Å². The van der Waals surface area contributed by atoms with Crippen LogP contribution in [0.2, 0.25) is 0 Å². The molecule has 0 radical (unpaired) electrons. The molecule has 120 valence electrons. The number of rotatable bonds is 0. The van der Waals surface area contributed by atoms with Crippen molar-refractivity contribution in [2.24, 2.45) is 17.3 Å². The first-order valence-electron chi connectivity index (χ1n) is 8.32. The number of phenolic OH excluding ortho intramolecular Hbond substituents is 2. The van der Waals surface area contributed by atoms with Crippen molar-refractivity contribution in [3.63, 3.8) is 0 Å². The first kappa shape index (κ1) is 14.3. The number of benzene rings is 1. The van der Waals surface area contributed by atoms with Crippen molar-refractivity contribution in [3.05, 3.63) is 23.3 Å². The maximum atomic E-state index is 10.4. The summed E-state index contributed by atoms with van der Waals surface area (Å²) in [4.78, 5) is 0. The highest BCUT2D eigenvalue weighted by Gasteiger charge is 2.58. The van der Waals surface area contributed by atoms with Crippen LogP contribution in [0.15, 0.2) is 12.1 Å². The van der Waals surface area contributed by atoms with Crippen LogP contribution >= 0.6 is 0 Å². The number of phenols is 2. The molecule has 22 heavy (non-hydrogen) atoms. The van der Waals surface area contributed by atoms with Crippen LogP contribution in [0.1, 0.15) is 49.7 Å². The molecule has 6 atom stereocenters. The van der Waals surface area contributed by atoms with Crippen molar-refractivity contribution in [1.29, 1.82) is 0 Å². The summed E-state index contributed by atoms with van der Waals surface area (Å²) < 4.78 is 0. The Morgan fingerprint density at radius 3 is 2.68 bits per heavy atom. The van der Waals surface area contributed by atoms with E-state index in [9.17, 15) is 20.4 Å². The highest BCUT2D eigenvalue weighted by atomic mass is 16.3. The summed E-state index contributed by atoms with van der Waals surface area (Å²) in [5, 5.41) is 40.6. The Bertz CT molecular complexity index is 613. The van der Waals surface area contributed by atoms with Gasteiger partial charge >= 0.3 is 0 Å². The molecule has 0 aromatic heterocycles. The van der Waals surface area contributed by atoms with E-state index in [0.29, 0.717) is 18.3 Å². The highest BCUT2D eigenvalue weighted by Crippen LogP contribution is 2.61. The molecule has 0 bridgehead atoms. The summed E-state index contributed by atoms with van der Waals surface area (Å²) >= 11 is 0. The number of aliphatic hydroxyl groups is 2. The molecule has 1 aromatic carbocycles. The van der Waals surface area contributed by atoms with Crippen molar-refractivity contribution in [3.8, 4) is 11.5 Å². The highest BCUT2D eigenvalue weighted by molar-refractivity contribution is 5.49. The molecule has 2 saturated carbocycles. The van der Waals surface area contributed by atoms with Crippen LogP contribution in [0.4, 0.5) is 0 Å². The van der Waals surface area contributed by atoms with Gasteiger partial charge in [-0.3, -0.25) is 0 Å². The van der Waals surface area contributed by atoms with Gasteiger partial charge in [-0.15, -0.1) is 0 Å². The molecule has 0 amide bonds. The topological polar surface area (TPSA) is 80.9 Å². The van der Waals surface area contributed by atoms with E-state index in [2.05, 4.69) is 6.92 Å². The quantitative estimate of drug-likeness (QED) is 0.593. The van der Waals surface area contributed by atoms with E-state index >= 15 is 0 Å². The summed E-state index contributed by atoms with van der Waals surface area (Å²) in [6, 6.07) is 3.21. The second kappa shape index (κ2) is 4.62. The Hall–Kier alpha value is -1.26. The largest absolute Gasteiger partial charge is 0.508 e. The van der Waals surface area contributed by atoms with Gasteiger partial charge in [0.2, 0.25) is 0 Å². The van der Waals surface area contributed by atoms with E-state index in [1.165, 1.54) is 6.07 Å². The van der Waals surface area contributed by atoms with Crippen LogP contribution < -0.4 is 0 Å². The molecule has 3 aliphatic rings. The number of aliphatic hydroxyl groups excluding tert-OH is 2. The average molecular weight is 304 g/mol. The summed E-state index contributed by atoms with van der Waals surface area (Å²) in [6.07, 6.45) is 3.05. The van der Waals surface area contributed by atoms with E-state index in [1.807, 2.05) is 0 Å². The Labute approximate surface area is 130 Å². The molecule has 4 rings (SSSR count). The summed E-state index contributed by atoms with van der Waals surface area (Å²) in [7, 11) is 0. The van der Waals surface area contributed by atoms with Crippen molar-refractivity contribution in [2.75, 3.05) is 0 Å². The average Bonchev–Trinajstić information content (AvgIpc) is 2.70. The van der Waals surface area contributed by atoms with Crippen molar-refractivity contribution < 1.29 is 20.4 Å². The molecule has 1 aromatic rings. The number of aromatic hydroxyl groups is 2. The fourth-order valence-corrected chi connectivity index (χ4v) is 5.67. The first-order valence-corrected chi connectivity index (χ1v) is 8.32. The zero-order chi connectivity index (χ0) is 15.6. The number of hydrogen-bond donors (Lipinski definition) is 4. The fraction of sp³-hybridized carbons (Fsp3) is 0.667. The number of hydrogen-bond acceptors (Lipinski definition) is 4. The van der Waals surface area contributed by atoms with Crippen LogP contribution in [0.5, 0.6) is 11.5 Å². The molecule has 0 aliphatic heterocycles. The minimum absolute atomic E-state index is 0.127. The van der Waals surface area contributed by atoms with Gasteiger partial charge in [-0.1, -0.05) is 6.92 Å². The van der Waals surface area contributed by atoms with Gasteiger partial charge in [-0.2, -0.15) is 0 Å². The van der Waals surface area contributed by atoms with E-state index < -0.39 is 12.2 Å². The fourth-order valence-electron chi connectivity index (χ4n) is 5.67. The Morgan fingerprint density at radius 2 is 1.91 bits per heavy atom. The number of fused-ring (bicyclic) bond motifs is 5. The molecule has 0 spiro atoms. The second-order valence-electron chi connectivity index (χ2n) is 7.75. The lowest BCUT2D eigenvalue weighted by Crippen LogP contribution is -2.44. The molecule has 4 N–H and O–H groups in total. The van der Waals surface area contributed by atoms with E-state index in [1.54, 1.807) is 6.07 Å². The summed E-state index contributed by atoms with van der Waals surface area (Å²) in [6.45, 7) is 2.11. The zero-order valence-corrected chi connectivity index (χ0v) is 12.9. The first-order chi connectivity index (χ1) is 10.4. The van der Waals surface area contributed by atoms with Crippen LogP contribution in [0.3, 0.4) is 0 Å². The van der Waals surface area contributed by atoms with Crippen LogP contribution in [-0.4, -0.2) is 32.6 Å². The Morgan fingerprint density at radius 1 is 1.14 bits per heavy atom. The minimum Gasteiger partial charge on any atom is -0.508 e. The molecular weight excluding hydrogens is 280 g/mol. The van der Waals surface area contributed by atoms with Gasteiger partial charge in [0, 0.05) is 11.6 Å². The lowest BCUT2D eigenvalue weighted by Gasteiger charge is -2.49. The third kappa shape index (κ3) is 1.77. The lowest BCUT2D eigenvalue weighted by atomic mass is 9.55. The normalized spacial score (nSPS) is 43.3. The van der Waals surface area contributed by atoms with E-state index in [-0.39, 0.29) is 22.8 Å². The predicted octanol–water partition coefficient (Wildman–Crippen LogP) is 2.29. The van der Waals surface area contributed by atoms with Gasteiger partial charge in [-0.05, 0) is 66.9 Å². The minimum atomic E-state index is -0.631. The van der Waals surface area contributed by atoms with Gasteiger partial charge in [0.15, 0.2) is 0 Å². The van der Waals surface area contributed by atoms with Crippen LogP contribution in [-0.2, 0) is 6.42 Å². The number of aryl methyl sites for hydroxylation is 1. The van der Waals surface area contributed by atoms with Gasteiger partial charge in [-0.25, -0.2) is 0 Å². The van der Waals surface area contributed by atoms with Gasteiger partial charge in [0.25, 0.3) is 0 Å². The molecule has 0 saturated heterocycles. The summed E-state index contributed by atoms with van der Waals surface area (Å²) in [5.74, 6) is 1.31. The molecule has 0 unspecified atom stereocenters. The molecule has 3 aliphatic carbocycles. The van der Waals surface area contributed by atoms with Crippen LogP contribution in [0.25, 0.3) is 0 Å². The predicted molar refractivity (Wildman–Crippen MR) is 81.8 cm³/mol. The van der Waals surface area contributed by atoms with E-state index in [4.69, 9.17) is 0 Å². The van der Waals surface area contributed by atoms with Gasteiger partial charge < -0.3 is 20.4 Å². The van der Waals surface area contributed by atoms with Crippen molar-refractivity contribution in [1.82, 2.24) is 0 Å². The molecule has 2 fully saturated rings. The molecule has 4 nitrogen and oxygen atoms in total. The molecule has 0 heterocycles. The molecule has 4 heteroatoms. The second-order valence-corrected chi connectivity index (χ2v) is 7.75. The van der Waals surface area contributed by atoms with Gasteiger partial charge in [0.05, 0.1) is 12.2 Å². The monoisotopic (exact) mass is 304 g/mol. The third-order valence-electron chi connectivity index (χ3n) is 6.76. The smallest absolute Gasteiger partial charge is 0.123 e. The molecular formula is C18H24O4. The Balaban J connectivity index is 1.75.